The fraction of sp³-hybridized carbons (Fsp3) is 0.375. The van der Waals surface area contributed by atoms with Gasteiger partial charge in [0.25, 0.3) is 0 Å². The Hall–Kier alpha value is -2.14. The highest BCUT2D eigenvalue weighted by atomic mass is 16.1. The first-order chi connectivity index (χ1) is 10.1. The third kappa shape index (κ3) is 5.39. The Balaban J connectivity index is 1.67. The second-order valence-corrected chi connectivity index (χ2v) is 5.25. The van der Waals surface area contributed by atoms with Crippen molar-refractivity contribution < 1.29 is 4.79 Å². The topological polar surface area (TPSA) is 59.0 Å². The minimum Gasteiger partial charge on any atom is -0.326 e. The molecule has 2 aromatic rings. The maximum absolute atomic E-state index is 11.9. The van der Waals surface area contributed by atoms with Crippen LogP contribution in [0.4, 0.5) is 5.69 Å². The van der Waals surface area contributed by atoms with Crippen LogP contribution in [0, 0.1) is 6.92 Å². The van der Waals surface area contributed by atoms with E-state index >= 15 is 0 Å². The van der Waals surface area contributed by atoms with Crippen LogP contribution in [0.25, 0.3) is 0 Å². The average molecular weight is 286 g/mol. The first-order valence-corrected chi connectivity index (χ1v) is 7.21. The molecule has 5 heteroatoms. The zero-order chi connectivity index (χ0) is 15.1. The molecule has 0 aliphatic carbocycles. The molecule has 1 atom stereocenters. The number of hydrogen-bond donors (Lipinski definition) is 2. The van der Waals surface area contributed by atoms with Crippen LogP contribution in [-0.2, 0) is 11.3 Å². The molecule has 0 radical (unpaired) electrons. The molecule has 0 fully saturated rings. The molecule has 1 aromatic carbocycles. The zero-order valence-electron chi connectivity index (χ0n) is 12.5. The van der Waals surface area contributed by atoms with Crippen molar-refractivity contribution >= 4 is 11.6 Å². The third-order valence-corrected chi connectivity index (χ3v) is 3.15. The number of amides is 1. The molecule has 0 aliphatic rings. The smallest absolute Gasteiger partial charge is 0.225 e. The zero-order valence-corrected chi connectivity index (χ0v) is 12.5. The predicted molar refractivity (Wildman–Crippen MR) is 84.1 cm³/mol. The maximum atomic E-state index is 11.9. The second-order valence-electron chi connectivity index (χ2n) is 5.25. The van der Waals surface area contributed by atoms with E-state index in [1.807, 2.05) is 61.3 Å². The Morgan fingerprint density at radius 3 is 2.76 bits per heavy atom. The molecule has 1 amide bonds. The van der Waals surface area contributed by atoms with Gasteiger partial charge in [-0.05, 0) is 31.5 Å². The predicted octanol–water partition coefficient (Wildman–Crippen LogP) is 2.20. The standard InChI is InChI=1S/C16H22N4O/c1-13-11-18-20(12-13)9-8-17-14(2)10-16(21)19-15-6-4-3-5-7-15/h3-7,11-12,14,17H,8-10H2,1-2H3,(H,19,21)/t14-/m1/s1. The number of anilines is 1. The molecule has 21 heavy (non-hydrogen) atoms. The second kappa shape index (κ2) is 7.59. The van der Waals surface area contributed by atoms with E-state index in [0.717, 1.165) is 24.3 Å². The van der Waals surface area contributed by atoms with Gasteiger partial charge in [0, 0.05) is 30.9 Å². The lowest BCUT2D eigenvalue weighted by Crippen LogP contribution is -2.33. The van der Waals surface area contributed by atoms with Crippen LogP contribution in [0.3, 0.4) is 0 Å². The number of carbonyl (C=O) groups is 1. The van der Waals surface area contributed by atoms with Crippen LogP contribution in [0.2, 0.25) is 0 Å². The molecule has 0 saturated carbocycles. The fourth-order valence-corrected chi connectivity index (χ4v) is 2.10. The normalized spacial score (nSPS) is 12.1. The largest absolute Gasteiger partial charge is 0.326 e. The summed E-state index contributed by atoms with van der Waals surface area (Å²) in [4.78, 5) is 11.9. The number of rotatable bonds is 7. The fourth-order valence-electron chi connectivity index (χ4n) is 2.10. The molecule has 0 bridgehead atoms. The molecule has 1 heterocycles. The van der Waals surface area contributed by atoms with Crippen LogP contribution >= 0.6 is 0 Å². The van der Waals surface area contributed by atoms with Crippen molar-refractivity contribution in [2.24, 2.45) is 0 Å². The van der Waals surface area contributed by atoms with Gasteiger partial charge in [-0.1, -0.05) is 18.2 Å². The first kappa shape index (κ1) is 15.3. The number of hydrogen-bond acceptors (Lipinski definition) is 3. The maximum Gasteiger partial charge on any atom is 0.225 e. The summed E-state index contributed by atoms with van der Waals surface area (Å²) >= 11 is 0. The monoisotopic (exact) mass is 286 g/mol. The Morgan fingerprint density at radius 2 is 2.10 bits per heavy atom. The number of aryl methyl sites for hydroxylation is 1. The van der Waals surface area contributed by atoms with Crippen LogP contribution in [-0.4, -0.2) is 28.3 Å². The lowest BCUT2D eigenvalue weighted by Gasteiger charge is -2.13. The molecule has 0 spiro atoms. The minimum atomic E-state index is 0.0242. The molecule has 1 aromatic heterocycles. The van der Waals surface area contributed by atoms with E-state index in [9.17, 15) is 4.79 Å². The summed E-state index contributed by atoms with van der Waals surface area (Å²) in [6, 6.07) is 9.64. The lowest BCUT2D eigenvalue weighted by atomic mass is 10.2. The summed E-state index contributed by atoms with van der Waals surface area (Å²) in [6.07, 6.45) is 4.30. The van der Waals surface area contributed by atoms with E-state index in [-0.39, 0.29) is 11.9 Å². The molecule has 112 valence electrons. The van der Waals surface area contributed by atoms with E-state index < -0.39 is 0 Å². The highest BCUT2D eigenvalue weighted by molar-refractivity contribution is 5.90. The summed E-state index contributed by atoms with van der Waals surface area (Å²) in [5.41, 5.74) is 1.99. The minimum absolute atomic E-state index is 0.0242. The highest BCUT2D eigenvalue weighted by Gasteiger charge is 2.08. The van der Waals surface area contributed by atoms with Gasteiger partial charge < -0.3 is 10.6 Å². The molecule has 2 rings (SSSR count). The molecule has 5 nitrogen and oxygen atoms in total. The summed E-state index contributed by atoms with van der Waals surface area (Å²) in [6.45, 7) is 5.63. The SMILES string of the molecule is Cc1cnn(CCN[C@H](C)CC(=O)Nc2ccccc2)c1. The Bertz CT molecular complexity index is 565. The van der Waals surface area contributed by atoms with Gasteiger partial charge in [-0.3, -0.25) is 9.48 Å². The van der Waals surface area contributed by atoms with Gasteiger partial charge in [0.05, 0.1) is 12.7 Å². The summed E-state index contributed by atoms with van der Waals surface area (Å²) in [5.74, 6) is 0.0242. The third-order valence-electron chi connectivity index (χ3n) is 3.15. The number of carbonyl (C=O) groups excluding carboxylic acids is 1. The van der Waals surface area contributed by atoms with E-state index in [2.05, 4.69) is 15.7 Å². The lowest BCUT2D eigenvalue weighted by molar-refractivity contribution is -0.116. The van der Waals surface area contributed by atoms with Crippen molar-refractivity contribution in [3.05, 3.63) is 48.3 Å². The Morgan fingerprint density at radius 1 is 1.33 bits per heavy atom. The highest BCUT2D eigenvalue weighted by Crippen LogP contribution is 2.06. The molecular formula is C16H22N4O. The number of nitrogens with one attached hydrogen (secondary N) is 2. The summed E-state index contributed by atoms with van der Waals surface area (Å²) in [7, 11) is 0. The molecule has 0 unspecified atom stereocenters. The van der Waals surface area contributed by atoms with Crippen molar-refractivity contribution in [2.75, 3.05) is 11.9 Å². The van der Waals surface area contributed by atoms with E-state index in [4.69, 9.17) is 0 Å². The molecule has 0 aliphatic heterocycles. The van der Waals surface area contributed by atoms with Gasteiger partial charge in [0.15, 0.2) is 0 Å². The van der Waals surface area contributed by atoms with Crippen LogP contribution in [0.5, 0.6) is 0 Å². The van der Waals surface area contributed by atoms with Crippen LogP contribution in [0.15, 0.2) is 42.7 Å². The number of aromatic nitrogens is 2. The summed E-state index contributed by atoms with van der Waals surface area (Å²) in [5, 5.41) is 10.4. The quantitative estimate of drug-likeness (QED) is 0.820. The van der Waals surface area contributed by atoms with Gasteiger partial charge >= 0.3 is 0 Å². The van der Waals surface area contributed by atoms with Gasteiger partial charge in [0.2, 0.25) is 5.91 Å². The van der Waals surface area contributed by atoms with Crippen molar-refractivity contribution in [1.29, 1.82) is 0 Å². The van der Waals surface area contributed by atoms with Crippen molar-refractivity contribution in [2.45, 2.75) is 32.9 Å². The number of para-hydroxylation sites is 1. The Kier molecular flexibility index (Phi) is 5.51. The van der Waals surface area contributed by atoms with Gasteiger partial charge in [-0.25, -0.2) is 0 Å². The molecular weight excluding hydrogens is 264 g/mol. The van der Waals surface area contributed by atoms with E-state index in [1.54, 1.807) is 0 Å². The number of benzene rings is 1. The van der Waals surface area contributed by atoms with E-state index in [1.165, 1.54) is 0 Å². The van der Waals surface area contributed by atoms with Gasteiger partial charge in [-0.2, -0.15) is 5.10 Å². The first-order valence-electron chi connectivity index (χ1n) is 7.21. The van der Waals surface area contributed by atoms with Crippen molar-refractivity contribution in [3.63, 3.8) is 0 Å². The van der Waals surface area contributed by atoms with Crippen LogP contribution < -0.4 is 10.6 Å². The van der Waals surface area contributed by atoms with Crippen LogP contribution in [0.1, 0.15) is 18.9 Å². The molecule has 2 N–H and O–H groups in total. The van der Waals surface area contributed by atoms with E-state index in [0.29, 0.717) is 6.42 Å². The van der Waals surface area contributed by atoms with Crippen molar-refractivity contribution in [3.8, 4) is 0 Å². The average Bonchev–Trinajstić information content (AvgIpc) is 2.85. The van der Waals surface area contributed by atoms with Gasteiger partial charge in [-0.15, -0.1) is 0 Å². The van der Waals surface area contributed by atoms with Crippen molar-refractivity contribution in [1.82, 2.24) is 15.1 Å². The number of nitrogens with zero attached hydrogens (tertiary/aromatic N) is 2. The molecule has 0 saturated heterocycles. The summed E-state index contributed by atoms with van der Waals surface area (Å²) < 4.78 is 1.90. The Labute approximate surface area is 125 Å². The van der Waals surface area contributed by atoms with Gasteiger partial charge in [0.1, 0.15) is 0 Å².